The van der Waals surface area contributed by atoms with Crippen LogP contribution >= 0.6 is 11.8 Å². The first-order chi connectivity index (χ1) is 8.63. The second-order valence-corrected chi connectivity index (χ2v) is 5.48. The van der Waals surface area contributed by atoms with Crippen molar-refractivity contribution in [2.75, 3.05) is 29.5 Å². The number of fused-ring (bicyclic) bond motifs is 1. The molecule has 1 atom stereocenters. The first-order valence-electron chi connectivity index (χ1n) is 6.20. The first-order valence-corrected chi connectivity index (χ1v) is 7.18. The molecule has 1 aromatic rings. The zero-order chi connectivity index (χ0) is 13.1. The van der Waals surface area contributed by atoms with Gasteiger partial charge in [-0.15, -0.1) is 11.8 Å². The van der Waals surface area contributed by atoms with E-state index in [-0.39, 0.29) is 11.9 Å². The maximum Gasteiger partial charge on any atom is 0.242 e. The van der Waals surface area contributed by atoms with Crippen molar-refractivity contribution in [1.29, 1.82) is 0 Å². The van der Waals surface area contributed by atoms with Crippen LogP contribution in [0.4, 0.5) is 11.4 Å². The van der Waals surface area contributed by atoms with E-state index in [0.717, 1.165) is 23.7 Å². The molecule has 1 heterocycles. The second kappa shape index (κ2) is 5.52. The molecule has 98 valence electrons. The van der Waals surface area contributed by atoms with Crippen LogP contribution in [0.3, 0.4) is 0 Å². The Kier molecular flexibility index (Phi) is 4.01. The molecule has 2 rings (SSSR count). The highest BCUT2D eigenvalue weighted by molar-refractivity contribution is 7.99. The molecule has 0 aliphatic carbocycles. The lowest BCUT2D eigenvalue weighted by atomic mass is 10.2. The Morgan fingerprint density at radius 1 is 1.61 bits per heavy atom. The average Bonchev–Trinajstić information content (AvgIpc) is 2.37. The topological polar surface area (TPSA) is 58.4 Å². The van der Waals surface area contributed by atoms with Gasteiger partial charge in [-0.05, 0) is 32.0 Å². The lowest BCUT2D eigenvalue weighted by Crippen LogP contribution is -2.47. The highest BCUT2D eigenvalue weighted by Crippen LogP contribution is 2.36. The highest BCUT2D eigenvalue weighted by Gasteiger charge is 2.26. The minimum absolute atomic E-state index is 0.0674. The fourth-order valence-corrected chi connectivity index (χ4v) is 3.12. The number of anilines is 2. The Bertz CT molecular complexity index is 450. The molecule has 18 heavy (non-hydrogen) atoms. The largest absolute Gasteiger partial charge is 0.399 e. The molecular formula is C13H19N3OS. The number of carbonyl (C=O) groups excluding carboxylic acids is 1. The minimum atomic E-state index is -0.161. The molecule has 1 unspecified atom stereocenters. The van der Waals surface area contributed by atoms with Crippen LogP contribution in [-0.2, 0) is 4.79 Å². The van der Waals surface area contributed by atoms with E-state index in [1.54, 1.807) is 0 Å². The van der Waals surface area contributed by atoms with Gasteiger partial charge in [-0.2, -0.15) is 0 Å². The van der Waals surface area contributed by atoms with Crippen LogP contribution in [0.2, 0.25) is 0 Å². The molecule has 0 radical (unpaired) electrons. The molecule has 3 N–H and O–H groups in total. The number of benzene rings is 1. The summed E-state index contributed by atoms with van der Waals surface area (Å²) in [5, 5.41) is 2.87. The fraction of sp³-hybridized carbons (Fsp3) is 0.462. The van der Waals surface area contributed by atoms with Gasteiger partial charge in [0.15, 0.2) is 0 Å². The molecule has 4 nitrogen and oxygen atoms in total. The summed E-state index contributed by atoms with van der Waals surface area (Å²) in [5.74, 6) is 1.07. The molecular weight excluding hydrogens is 246 g/mol. The van der Waals surface area contributed by atoms with Crippen molar-refractivity contribution in [3.05, 3.63) is 18.2 Å². The average molecular weight is 265 g/mol. The van der Waals surface area contributed by atoms with Gasteiger partial charge in [0.25, 0.3) is 0 Å². The summed E-state index contributed by atoms with van der Waals surface area (Å²) in [5.41, 5.74) is 7.66. The number of thioether (sulfide) groups is 1. The standard InChI is InChI=1S/C13H19N3OS/c1-3-15-13(17)9(2)16-6-7-18-12-5-4-10(14)8-11(12)16/h4-5,8-9H,3,6-7,14H2,1-2H3,(H,15,17). The van der Waals surface area contributed by atoms with Gasteiger partial charge in [0, 0.05) is 29.4 Å². The number of nitrogens with zero attached hydrogens (tertiary/aromatic N) is 1. The van der Waals surface area contributed by atoms with Gasteiger partial charge in [0.2, 0.25) is 5.91 Å². The molecule has 1 aliphatic rings. The summed E-state index contributed by atoms with van der Waals surface area (Å²) in [4.78, 5) is 15.3. The van der Waals surface area contributed by atoms with Crippen molar-refractivity contribution in [1.82, 2.24) is 5.32 Å². The van der Waals surface area contributed by atoms with Gasteiger partial charge in [0.05, 0.1) is 5.69 Å². The van der Waals surface area contributed by atoms with Crippen molar-refractivity contribution in [2.24, 2.45) is 0 Å². The predicted octanol–water partition coefficient (Wildman–Crippen LogP) is 1.71. The molecule has 0 aromatic heterocycles. The summed E-state index contributed by atoms with van der Waals surface area (Å²) in [6.45, 7) is 5.41. The minimum Gasteiger partial charge on any atom is -0.399 e. The SMILES string of the molecule is CCNC(=O)C(C)N1CCSc2ccc(N)cc21. The van der Waals surface area contributed by atoms with E-state index >= 15 is 0 Å². The predicted molar refractivity (Wildman–Crippen MR) is 77.1 cm³/mol. The summed E-state index contributed by atoms with van der Waals surface area (Å²) >= 11 is 1.81. The third-order valence-corrected chi connectivity index (χ3v) is 4.12. The number of nitrogen functional groups attached to an aromatic ring is 1. The molecule has 0 saturated heterocycles. The molecule has 0 bridgehead atoms. The Balaban J connectivity index is 2.26. The molecule has 0 saturated carbocycles. The molecule has 1 amide bonds. The smallest absolute Gasteiger partial charge is 0.242 e. The maximum absolute atomic E-state index is 11.9. The van der Waals surface area contributed by atoms with Crippen LogP contribution in [0.15, 0.2) is 23.1 Å². The van der Waals surface area contributed by atoms with Crippen LogP contribution in [-0.4, -0.2) is 30.8 Å². The summed E-state index contributed by atoms with van der Waals surface area (Å²) in [6, 6.07) is 5.74. The van der Waals surface area contributed by atoms with E-state index in [2.05, 4.69) is 10.2 Å². The van der Waals surface area contributed by atoms with Gasteiger partial charge in [-0.1, -0.05) is 0 Å². The van der Waals surface area contributed by atoms with Gasteiger partial charge in [0.1, 0.15) is 6.04 Å². The quantitative estimate of drug-likeness (QED) is 0.817. The maximum atomic E-state index is 11.9. The number of hydrogen-bond donors (Lipinski definition) is 2. The van der Waals surface area contributed by atoms with Crippen molar-refractivity contribution >= 4 is 29.0 Å². The highest BCUT2D eigenvalue weighted by atomic mass is 32.2. The summed E-state index contributed by atoms with van der Waals surface area (Å²) < 4.78 is 0. The molecule has 1 aliphatic heterocycles. The third-order valence-electron chi connectivity index (χ3n) is 3.08. The number of carbonyl (C=O) groups is 1. The molecule has 5 heteroatoms. The molecule has 1 aromatic carbocycles. The first kappa shape index (κ1) is 13.1. The third kappa shape index (κ3) is 2.56. The van der Waals surface area contributed by atoms with E-state index in [4.69, 9.17) is 5.73 Å². The van der Waals surface area contributed by atoms with Crippen LogP contribution in [0.25, 0.3) is 0 Å². The normalized spacial score (nSPS) is 16.0. The Morgan fingerprint density at radius 3 is 3.11 bits per heavy atom. The zero-order valence-electron chi connectivity index (χ0n) is 10.8. The monoisotopic (exact) mass is 265 g/mol. The van der Waals surface area contributed by atoms with Crippen molar-refractivity contribution < 1.29 is 4.79 Å². The van der Waals surface area contributed by atoms with Crippen LogP contribution in [0, 0.1) is 0 Å². The van der Waals surface area contributed by atoms with Gasteiger partial charge in [-0.25, -0.2) is 0 Å². The Hall–Kier alpha value is -1.36. The van der Waals surface area contributed by atoms with E-state index in [9.17, 15) is 4.79 Å². The van der Waals surface area contributed by atoms with Gasteiger partial charge < -0.3 is 16.0 Å². The van der Waals surface area contributed by atoms with Crippen molar-refractivity contribution in [2.45, 2.75) is 24.8 Å². The van der Waals surface area contributed by atoms with Crippen LogP contribution in [0.5, 0.6) is 0 Å². The van der Waals surface area contributed by atoms with Crippen molar-refractivity contribution in [3.8, 4) is 0 Å². The summed E-state index contributed by atoms with van der Waals surface area (Å²) in [6.07, 6.45) is 0. The van der Waals surface area contributed by atoms with Crippen LogP contribution in [0.1, 0.15) is 13.8 Å². The van der Waals surface area contributed by atoms with Gasteiger partial charge >= 0.3 is 0 Å². The lowest BCUT2D eigenvalue weighted by molar-refractivity contribution is -0.121. The van der Waals surface area contributed by atoms with E-state index in [1.165, 1.54) is 4.90 Å². The number of hydrogen-bond acceptors (Lipinski definition) is 4. The van der Waals surface area contributed by atoms with Crippen molar-refractivity contribution in [3.63, 3.8) is 0 Å². The number of rotatable bonds is 3. The zero-order valence-corrected chi connectivity index (χ0v) is 11.6. The van der Waals surface area contributed by atoms with E-state index < -0.39 is 0 Å². The lowest BCUT2D eigenvalue weighted by Gasteiger charge is -2.35. The van der Waals surface area contributed by atoms with Gasteiger partial charge in [-0.3, -0.25) is 4.79 Å². The Labute approximate surface area is 112 Å². The second-order valence-electron chi connectivity index (χ2n) is 4.34. The number of nitrogens with one attached hydrogen (secondary N) is 1. The van der Waals surface area contributed by atoms with Crippen LogP contribution < -0.4 is 16.0 Å². The Morgan fingerprint density at radius 2 is 2.39 bits per heavy atom. The molecule has 0 spiro atoms. The molecule has 0 fully saturated rings. The van der Waals surface area contributed by atoms with E-state index in [0.29, 0.717) is 6.54 Å². The number of likely N-dealkylation sites (N-methyl/N-ethyl adjacent to an activating group) is 1. The number of nitrogens with two attached hydrogens (primary N) is 1. The van der Waals surface area contributed by atoms with E-state index in [1.807, 2.05) is 43.8 Å². The number of amides is 1. The fourth-order valence-electron chi connectivity index (χ4n) is 2.12. The summed E-state index contributed by atoms with van der Waals surface area (Å²) in [7, 11) is 0.